The van der Waals surface area contributed by atoms with Gasteiger partial charge >= 0.3 is 0 Å². The van der Waals surface area contributed by atoms with Crippen molar-refractivity contribution >= 4 is 82.7 Å². The molecule has 0 aliphatic carbocycles. The molecule has 12 aromatic rings. The molecule has 0 unspecified atom stereocenters. The van der Waals surface area contributed by atoms with Crippen LogP contribution in [0.25, 0.3) is 93.6 Å². The van der Waals surface area contributed by atoms with Crippen molar-refractivity contribution in [1.82, 2.24) is 4.57 Å². The Labute approximate surface area is 334 Å². The Morgan fingerprint density at radius 2 is 0.828 bits per heavy atom. The average molecular weight is 743 g/mol. The largest absolute Gasteiger partial charge is 0.454 e. The number of nitrogens with zero attached hydrogens (tertiary/aromatic N) is 2. The van der Waals surface area contributed by atoms with Gasteiger partial charge in [-0.25, -0.2) is 0 Å². The van der Waals surface area contributed by atoms with Crippen LogP contribution in [0.5, 0.6) is 0 Å². The summed E-state index contributed by atoms with van der Waals surface area (Å²) in [5.74, 6) is 0. The smallest absolute Gasteiger partial charge is 0.159 e. The number of hydrogen-bond acceptors (Lipinski definition) is 3. The molecule has 0 saturated heterocycles. The van der Waals surface area contributed by atoms with Crippen LogP contribution in [0.1, 0.15) is 0 Å². The van der Waals surface area contributed by atoms with E-state index in [1.54, 1.807) is 0 Å². The van der Waals surface area contributed by atoms with Gasteiger partial charge < -0.3 is 18.3 Å². The topological polar surface area (TPSA) is 34.5 Å². The van der Waals surface area contributed by atoms with Gasteiger partial charge in [-0.05, 0) is 89.0 Å². The second-order valence-corrected chi connectivity index (χ2v) is 14.9. The summed E-state index contributed by atoms with van der Waals surface area (Å²) in [7, 11) is 0. The molecule has 12 rings (SSSR count). The van der Waals surface area contributed by atoms with Crippen LogP contribution >= 0.6 is 0 Å². The quantitative estimate of drug-likeness (QED) is 0.170. The van der Waals surface area contributed by atoms with Crippen LogP contribution < -0.4 is 4.90 Å². The molecule has 0 saturated carbocycles. The minimum atomic E-state index is 0.830. The first-order valence-electron chi connectivity index (χ1n) is 19.7. The van der Waals surface area contributed by atoms with Crippen molar-refractivity contribution in [1.29, 1.82) is 0 Å². The highest BCUT2D eigenvalue weighted by atomic mass is 16.3. The standard InChI is InChI=1S/C54H34N2O2/c1-2-15-39(16-3-1)55-47-22-7-4-17-41(47)42-32-29-38(34-50(42)55)37-14-10-13-36(33-37)35-27-30-40(31-28-35)56(48-23-11-20-45-43-18-5-8-25-51(43)57-53(45)48)49-24-12-21-46-44-19-6-9-26-52(44)58-54(46)49/h1-34H. The maximum atomic E-state index is 6.63. The molecule has 4 heteroatoms. The Morgan fingerprint density at radius 1 is 0.328 bits per heavy atom. The lowest BCUT2D eigenvalue weighted by molar-refractivity contribution is 0.666. The van der Waals surface area contributed by atoms with Crippen molar-refractivity contribution in [2.24, 2.45) is 0 Å². The summed E-state index contributed by atoms with van der Waals surface area (Å²) in [6, 6.07) is 73.1. The molecule has 3 aromatic heterocycles. The van der Waals surface area contributed by atoms with Crippen molar-refractivity contribution in [3.63, 3.8) is 0 Å². The lowest BCUT2D eigenvalue weighted by Crippen LogP contribution is -2.10. The molecule has 0 bridgehead atoms. The zero-order valence-electron chi connectivity index (χ0n) is 31.3. The van der Waals surface area contributed by atoms with Crippen LogP contribution in [0.3, 0.4) is 0 Å². The van der Waals surface area contributed by atoms with E-state index in [9.17, 15) is 0 Å². The van der Waals surface area contributed by atoms with Crippen LogP contribution in [0.4, 0.5) is 17.1 Å². The second kappa shape index (κ2) is 12.9. The predicted octanol–water partition coefficient (Wildman–Crippen LogP) is 15.4. The summed E-state index contributed by atoms with van der Waals surface area (Å²) < 4.78 is 15.6. The van der Waals surface area contributed by atoms with E-state index in [1.807, 2.05) is 24.3 Å². The van der Waals surface area contributed by atoms with E-state index in [1.165, 1.54) is 32.9 Å². The van der Waals surface area contributed by atoms with E-state index in [2.05, 4.69) is 191 Å². The number of para-hydroxylation sites is 6. The van der Waals surface area contributed by atoms with Crippen molar-refractivity contribution < 1.29 is 8.83 Å². The van der Waals surface area contributed by atoms with Gasteiger partial charge in [0.2, 0.25) is 0 Å². The number of anilines is 3. The first-order valence-corrected chi connectivity index (χ1v) is 19.7. The minimum absolute atomic E-state index is 0.830. The Balaban J connectivity index is 0.981. The van der Waals surface area contributed by atoms with E-state index in [-0.39, 0.29) is 0 Å². The first-order chi connectivity index (χ1) is 28.8. The van der Waals surface area contributed by atoms with E-state index in [0.29, 0.717) is 0 Å². The van der Waals surface area contributed by atoms with Crippen LogP contribution in [-0.4, -0.2) is 4.57 Å². The van der Waals surface area contributed by atoms with Gasteiger partial charge in [-0.2, -0.15) is 0 Å². The number of furan rings is 2. The van der Waals surface area contributed by atoms with Crippen molar-refractivity contribution in [2.75, 3.05) is 4.90 Å². The fourth-order valence-corrected chi connectivity index (χ4v) is 8.91. The van der Waals surface area contributed by atoms with Gasteiger partial charge in [-0.15, -0.1) is 0 Å². The monoisotopic (exact) mass is 742 g/mol. The Morgan fingerprint density at radius 3 is 1.50 bits per heavy atom. The Bertz CT molecular complexity index is 3400. The molecule has 4 nitrogen and oxygen atoms in total. The van der Waals surface area contributed by atoms with Crippen molar-refractivity contribution in [3.05, 3.63) is 206 Å². The van der Waals surface area contributed by atoms with Gasteiger partial charge in [0, 0.05) is 43.7 Å². The summed E-state index contributed by atoms with van der Waals surface area (Å²) >= 11 is 0. The van der Waals surface area contributed by atoms with Gasteiger partial charge in [-0.1, -0.05) is 140 Å². The van der Waals surface area contributed by atoms with Crippen molar-refractivity contribution in [2.45, 2.75) is 0 Å². The minimum Gasteiger partial charge on any atom is -0.454 e. The van der Waals surface area contributed by atoms with Crippen molar-refractivity contribution in [3.8, 4) is 27.9 Å². The summed E-state index contributed by atoms with van der Waals surface area (Å²) in [6.07, 6.45) is 0. The molecule has 272 valence electrons. The fourth-order valence-electron chi connectivity index (χ4n) is 8.91. The van der Waals surface area contributed by atoms with E-state index < -0.39 is 0 Å². The Hall–Kier alpha value is -7.82. The maximum absolute atomic E-state index is 6.63. The molecule has 58 heavy (non-hydrogen) atoms. The molecule has 0 fully saturated rings. The molecule has 3 heterocycles. The highest BCUT2D eigenvalue weighted by Crippen LogP contribution is 2.46. The molecule has 0 amide bonds. The molecular weight excluding hydrogens is 709 g/mol. The molecular formula is C54H34N2O2. The molecule has 0 aliphatic heterocycles. The number of benzene rings is 9. The lowest BCUT2D eigenvalue weighted by atomic mass is 9.98. The predicted molar refractivity (Wildman–Crippen MR) is 241 cm³/mol. The average Bonchev–Trinajstić information content (AvgIpc) is 3.97. The third kappa shape index (κ3) is 5.02. The summed E-state index contributed by atoms with van der Waals surface area (Å²) in [4.78, 5) is 2.27. The normalized spacial score (nSPS) is 11.8. The number of aromatic nitrogens is 1. The highest BCUT2D eigenvalue weighted by Gasteiger charge is 2.23. The van der Waals surface area contributed by atoms with E-state index >= 15 is 0 Å². The molecule has 0 aliphatic rings. The van der Waals surface area contributed by atoms with E-state index in [4.69, 9.17) is 8.83 Å². The summed E-state index contributed by atoms with van der Waals surface area (Å²) in [6.45, 7) is 0. The van der Waals surface area contributed by atoms with Crippen LogP contribution in [-0.2, 0) is 0 Å². The van der Waals surface area contributed by atoms with E-state index in [0.717, 1.165) is 77.8 Å². The number of rotatable bonds is 6. The second-order valence-electron chi connectivity index (χ2n) is 14.9. The zero-order valence-corrected chi connectivity index (χ0v) is 31.3. The first kappa shape index (κ1) is 32.4. The zero-order chi connectivity index (χ0) is 38.2. The van der Waals surface area contributed by atoms with Gasteiger partial charge in [0.15, 0.2) is 11.2 Å². The fraction of sp³-hybridized carbons (Fsp3) is 0. The maximum Gasteiger partial charge on any atom is 0.159 e. The Kier molecular flexibility index (Phi) is 7.20. The number of fused-ring (bicyclic) bond motifs is 9. The van der Waals surface area contributed by atoms with Gasteiger partial charge in [-0.3, -0.25) is 0 Å². The molecule has 0 radical (unpaired) electrons. The van der Waals surface area contributed by atoms with Gasteiger partial charge in [0.1, 0.15) is 11.2 Å². The molecule has 9 aromatic carbocycles. The summed E-state index contributed by atoms with van der Waals surface area (Å²) in [5.41, 5.74) is 14.5. The van der Waals surface area contributed by atoms with Crippen LogP contribution in [0.2, 0.25) is 0 Å². The van der Waals surface area contributed by atoms with Crippen LogP contribution in [0, 0.1) is 0 Å². The third-order valence-electron chi connectivity index (χ3n) is 11.6. The van der Waals surface area contributed by atoms with Crippen LogP contribution in [0.15, 0.2) is 215 Å². The molecule has 0 atom stereocenters. The SMILES string of the molecule is c1ccc(-n2c3ccccc3c3ccc(-c4cccc(-c5ccc(N(c6cccc7c6oc6ccccc67)c6cccc7c6oc6ccccc67)cc5)c4)cc32)cc1. The highest BCUT2D eigenvalue weighted by molar-refractivity contribution is 6.14. The van der Waals surface area contributed by atoms with Gasteiger partial charge in [0.25, 0.3) is 0 Å². The molecule has 0 N–H and O–H groups in total. The number of hydrogen-bond donors (Lipinski definition) is 0. The third-order valence-corrected chi connectivity index (χ3v) is 11.6. The van der Waals surface area contributed by atoms with Gasteiger partial charge in [0.05, 0.1) is 22.4 Å². The summed E-state index contributed by atoms with van der Waals surface area (Å²) in [5, 5.41) is 6.84. The molecule has 0 spiro atoms. The lowest BCUT2D eigenvalue weighted by Gasteiger charge is -2.25.